The third-order valence-electron chi connectivity index (χ3n) is 2.97. The Morgan fingerprint density at radius 3 is 2.81 bits per heavy atom. The maximum Gasteiger partial charge on any atom is 0.276 e. The summed E-state index contributed by atoms with van der Waals surface area (Å²) in [5.41, 5.74) is 6.54. The number of hydrogen-bond acceptors (Lipinski definition) is 6. The topological polar surface area (TPSA) is 94.5 Å². The third kappa shape index (κ3) is 3.59. The molecule has 1 aromatic heterocycles. The van der Waals surface area contributed by atoms with Crippen LogP contribution in [-0.2, 0) is 6.54 Å². The molecule has 0 amide bonds. The maximum absolute atomic E-state index is 10.9. The van der Waals surface area contributed by atoms with Crippen molar-refractivity contribution < 1.29 is 9.66 Å². The van der Waals surface area contributed by atoms with Crippen molar-refractivity contribution in [2.45, 2.75) is 6.54 Å². The van der Waals surface area contributed by atoms with Gasteiger partial charge in [0.05, 0.1) is 24.2 Å². The molecule has 0 bridgehead atoms. The van der Waals surface area contributed by atoms with Crippen molar-refractivity contribution >= 4 is 17.3 Å². The second-order valence-electron chi connectivity index (χ2n) is 4.57. The normalized spacial score (nSPS) is 10.2. The average molecular weight is 288 g/mol. The molecular weight excluding hydrogens is 272 g/mol. The number of nitrogens with zero attached hydrogens (tertiary/aromatic N) is 3. The summed E-state index contributed by atoms with van der Waals surface area (Å²) in [5, 5.41) is 10.9. The van der Waals surface area contributed by atoms with Crippen LogP contribution in [-0.4, -0.2) is 24.1 Å². The Kier molecular flexibility index (Phi) is 4.22. The van der Waals surface area contributed by atoms with Gasteiger partial charge in [0, 0.05) is 13.6 Å². The van der Waals surface area contributed by atoms with Crippen molar-refractivity contribution in [2.24, 2.45) is 0 Å². The monoisotopic (exact) mass is 288 g/mol. The Bertz CT molecular complexity index is 660. The van der Waals surface area contributed by atoms with Gasteiger partial charge in [-0.1, -0.05) is 12.1 Å². The summed E-state index contributed by atoms with van der Waals surface area (Å²) in [5.74, 6) is 1.33. The molecule has 0 fully saturated rings. The van der Waals surface area contributed by atoms with Crippen molar-refractivity contribution in [3.8, 4) is 5.75 Å². The number of rotatable bonds is 5. The molecule has 2 rings (SSSR count). The van der Waals surface area contributed by atoms with Gasteiger partial charge in [0.1, 0.15) is 17.4 Å². The summed E-state index contributed by atoms with van der Waals surface area (Å²) in [6, 6.07) is 10.2. The average Bonchev–Trinajstić information content (AvgIpc) is 2.46. The Morgan fingerprint density at radius 2 is 2.14 bits per heavy atom. The molecule has 0 saturated carbocycles. The molecule has 7 heteroatoms. The minimum atomic E-state index is -0.485. The fraction of sp³-hybridized carbons (Fsp3) is 0.214. The van der Waals surface area contributed by atoms with Crippen LogP contribution in [0.3, 0.4) is 0 Å². The van der Waals surface area contributed by atoms with Gasteiger partial charge in [-0.3, -0.25) is 10.1 Å². The molecule has 2 aromatic rings. The predicted octanol–water partition coefficient (Wildman–Crippen LogP) is 2.22. The summed E-state index contributed by atoms with van der Waals surface area (Å²) in [4.78, 5) is 16.3. The molecule has 0 atom stereocenters. The fourth-order valence-electron chi connectivity index (χ4n) is 1.95. The summed E-state index contributed by atoms with van der Waals surface area (Å²) >= 11 is 0. The van der Waals surface area contributed by atoms with Gasteiger partial charge in [-0.05, 0) is 17.7 Å². The number of methoxy groups -OCH3 is 1. The number of anilines is 2. The molecule has 1 heterocycles. The summed E-state index contributed by atoms with van der Waals surface area (Å²) in [6.45, 7) is 0.533. The van der Waals surface area contributed by atoms with Crippen molar-refractivity contribution in [1.29, 1.82) is 0 Å². The number of nitrogen functional groups attached to an aromatic ring is 1. The summed E-state index contributed by atoms with van der Waals surface area (Å²) in [6.07, 6.45) is 0. The number of nitrogens with two attached hydrogens (primary N) is 1. The van der Waals surface area contributed by atoms with Crippen molar-refractivity contribution in [3.05, 3.63) is 52.1 Å². The van der Waals surface area contributed by atoms with E-state index in [9.17, 15) is 10.1 Å². The summed E-state index contributed by atoms with van der Waals surface area (Å²) < 4.78 is 5.17. The van der Waals surface area contributed by atoms with Crippen LogP contribution in [0.1, 0.15) is 5.56 Å². The smallest absolute Gasteiger partial charge is 0.276 e. The highest BCUT2D eigenvalue weighted by atomic mass is 16.6. The number of benzene rings is 1. The van der Waals surface area contributed by atoms with E-state index < -0.39 is 4.92 Å². The van der Waals surface area contributed by atoms with E-state index in [4.69, 9.17) is 10.5 Å². The van der Waals surface area contributed by atoms with Crippen LogP contribution in [0.25, 0.3) is 0 Å². The van der Waals surface area contributed by atoms with Crippen LogP contribution < -0.4 is 15.4 Å². The molecule has 0 unspecified atom stereocenters. The number of hydrogen-bond donors (Lipinski definition) is 1. The van der Waals surface area contributed by atoms with E-state index in [1.807, 2.05) is 24.3 Å². The van der Waals surface area contributed by atoms with E-state index in [0.29, 0.717) is 12.4 Å². The van der Waals surface area contributed by atoms with E-state index >= 15 is 0 Å². The minimum Gasteiger partial charge on any atom is -0.497 e. The molecule has 7 nitrogen and oxygen atoms in total. The molecule has 0 radical (unpaired) electrons. The Hall–Kier alpha value is -2.83. The van der Waals surface area contributed by atoms with Gasteiger partial charge in [-0.25, -0.2) is 4.98 Å². The van der Waals surface area contributed by atoms with Gasteiger partial charge in [-0.15, -0.1) is 0 Å². The van der Waals surface area contributed by atoms with Crippen molar-refractivity contribution in [3.63, 3.8) is 0 Å². The van der Waals surface area contributed by atoms with E-state index in [1.54, 1.807) is 19.1 Å². The first-order valence-corrected chi connectivity index (χ1v) is 6.25. The molecule has 0 aliphatic rings. The van der Waals surface area contributed by atoms with E-state index in [-0.39, 0.29) is 11.5 Å². The van der Waals surface area contributed by atoms with E-state index in [0.717, 1.165) is 11.3 Å². The largest absolute Gasteiger partial charge is 0.497 e. The van der Waals surface area contributed by atoms with Gasteiger partial charge in [0.2, 0.25) is 0 Å². The van der Waals surface area contributed by atoms with Gasteiger partial charge < -0.3 is 15.4 Å². The standard InChI is InChI=1S/C14H16N4O3/c1-17(9-10-4-3-5-12(6-10)21-2)14-8-11(18(19)20)7-13(15)16-14/h3-8H,9H2,1-2H3,(H2,15,16). The number of pyridine rings is 1. The number of aromatic nitrogens is 1. The maximum atomic E-state index is 10.9. The molecule has 0 saturated heterocycles. The van der Waals surface area contributed by atoms with Crippen LogP contribution in [0.5, 0.6) is 5.75 Å². The molecule has 0 spiro atoms. The molecule has 0 aliphatic carbocycles. The zero-order valence-electron chi connectivity index (χ0n) is 11.8. The Labute approximate surface area is 122 Å². The zero-order valence-corrected chi connectivity index (χ0v) is 11.8. The summed E-state index contributed by atoms with van der Waals surface area (Å²) in [7, 11) is 3.40. The lowest BCUT2D eigenvalue weighted by atomic mass is 10.2. The third-order valence-corrected chi connectivity index (χ3v) is 2.97. The lowest BCUT2D eigenvalue weighted by Crippen LogP contribution is -2.18. The number of nitro groups is 1. The zero-order chi connectivity index (χ0) is 15.4. The first-order valence-electron chi connectivity index (χ1n) is 6.25. The molecule has 110 valence electrons. The van der Waals surface area contributed by atoms with Crippen LogP contribution in [0, 0.1) is 10.1 Å². The quantitative estimate of drug-likeness (QED) is 0.669. The number of ether oxygens (including phenoxy) is 1. The SMILES string of the molecule is COc1cccc(CN(C)c2cc([N+](=O)[O-])cc(N)n2)c1. The highest BCUT2D eigenvalue weighted by Gasteiger charge is 2.13. The second-order valence-corrected chi connectivity index (χ2v) is 4.57. The molecule has 21 heavy (non-hydrogen) atoms. The van der Waals surface area contributed by atoms with Gasteiger partial charge in [0.25, 0.3) is 5.69 Å². The molecule has 2 N–H and O–H groups in total. The van der Waals surface area contributed by atoms with Gasteiger partial charge >= 0.3 is 0 Å². The van der Waals surface area contributed by atoms with Crippen LogP contribution in [0.15, 0.2) is 36.4 Å². The lowest BCUT2D eigenvalue weighted by Gasteiger charge is -2.18. The van der Waals surface area contributed by atoms with E-state index in [2.05, 4.69) is 4.98 Å². The highest BCUT2D eigenvalue weighted by molar-refractivity contribution is 5.54. The van der Waals surface area contributed by atoms with E-state index in [1.165, 1.54) is 12.1 Å². The second kappa shape index (κ2) is 6.08. The predicted molar refractivity (Wildman–Crippen MR) is 80.4 cm³/mol. The molecule has 1 aromatic carbocycles. The Morgan fingerprint density at radius 1 is 1.38 bits per heavy atom. The van der Waals surface area contributed by atoms with Crippen LogP contribution >= 0.6 is 0 Å². The van der Waals surface area contributed by atoms with Crippen molar-refractivity contribution in [2.75, 3.05) is 24.8 Å². The first-order chi connectivity index (χ1) is 9.99. The van der Waals surface area contributed by atoms with Crippen LogP contribution in [0.2, 0.25) is 0 Å². The highest BCUT2D eigenvalue weighted by Crippen LogP contribution is 2.23. The molecular formula is C14H16N4O3. The lowest BCUT2D eigenvalue weighted by molar-refractivity contribution is -0.384. The van der Waals surface area contributed by atoms with Crippen molar-refractivity contribution in [1.82, 2.24) is 4.98 Å². The fourth-order valence-corrected chi connectivity index (χ4v) is 1.95. The molecule has 0 aliphatic heterocycles. The van der Waals surface area contributed by atoms with Gasteiger partial charge in [-0.2, -0.15) is 0 Å². The van der Waals surface area contributed by atoms with Gasteiger partial charge in [0.15, 0.2) is 0 Å². The Balaban J connectivity index is 2.23. The van der Waals surface area contributed by atoms with Crippen LogP contribution in [0.4, 0.5) is 17.3 Å². The minimum absolute atomic E-state index is 0.0741. The first kappa shape index (κ1) is 14.6.